The van der Waals surface area contributed by atoms with E-state index in [1.807, 2.05) is 25.1 Å². The Balaban J connectivity index is 2.58. The molecular formula is C11H11NO2Se. The van der Waals surface area contributed by atoms with Gasteiger partial charge in [-0.3, -0.25) is 0 Å². The number of carbonyl (C=O) groups excluding carboxylic acids is 1. The van der Waals surface area contributed by atoms with Gasteiger partial charge in [-0.25, -0.2) is 0 Å². The topological polar surface area (TPSA) is 39.1 Å². The molecule has 2 aromatic rings. The quantitative estimate of drug-likeness (QED) is 0.774. The molecule has 0 unspecified atom stereocenters. The third-order valence-electron chi connectivity index (χ3n) is 2.18. The first-order valence-electron chi connectivity index (χ1n) is 4.88. The van der Waals surface area contributed by atoms with Crippen molar-refractivity contribution >= 4 is 30.3 Å². The van der Waals surface area contributed by atoms with Crippen LogP contribution >= 0.6 is 0 Å². The molecule has 4 heteroatoms. The maximum absolute atomic E-state index is 11.8. The zero-order valence-corrected chi connectivity index (χ0v) is 10.1. The molecule has 78 valence electrons. The number of hydrogen-bond acceptors (Lipinski definition) is 2. The predicted molar refractivity (Wildman–Crippen MR) is 60.7 cm³/mol. The summed E-state index contributed by atoms with van der Waals surface area (Å²) in [6.07, 6.45) is 1.25. The Labute approximate surface area is 93.3 Å². The molecule has 1 aromatic carbocycles. The Kier molecular flexibility index (Phi) is 2.89. The Hall–Kier alpha value is -1.12. The fraction of sp³-hybridized carbons (Fsp3) is 0.273. The first-order valence-corrected chi connectivity index (χ1v) is 6.50. The summed E-state index contributed by atoms with van der Waals surface area (Å²) in [6, 6.07) is 7.45. The zero-order chi connectivity index (χ0) is 10.8. The normalized spacial score (nSPS) is 10.7. The van der Waals surface area contributed by atoms with Gasteiger partial charge >= 0.3 is 93.0 Å². The molecule has 1 heterocycles. The molecule has 1 aromatic heterocycles. The van der Waals surface area contributed by atoms with Crippen LogP contribution in [-0.2, 0) is 0 Å². The first-order chi connectivity index (χ1) is 7.24. The number of rotatable bonds is 2. The molecule has 0 saturated heterocycles. The van der Waals surface area contributed by atoms with E-state index < -0.39 is 0 Å². The number of carbonyl (C=O) groups is 1. The summed E-state index contributed by atoms with van der Waals surface area (Å²) in [5, 5.41) is 0.696. The van der Waals surface area contributed by atoms with Crippen LogP contribution in [-0.4, -0.2) is 24.2 Å². The summed E-state index contributed by atoms with van der Waals surface area (Å²) < 4.78 is 2.42. The van der Waals surface area contributed by atoms with Crippen molar-refractivity contribution < 1.29 is 4.79 Å². The van der Waals surface area contributed by atoms with E-state index in [4.69, 9.17) is 0 Å². The number of nitrogens with zero attached hydrogens (tertiary/aromatic N) is 1. The van der Waals surface area contributed by atoms with Crippen LogP contribution in [0.25, 0.3) is 9.65 Å². The number of aromatic nitrogens is 1. The van der Waals surface area contributed by atoms with Crippen LogP contribution in [0.15, 0.2) is 29.1 Å². The van der Waals surface area contributed by atoms with Crippen molar-refractivity contribution in [1.82, 2.24) is 3.56 Å². The Morgan fingerprint density at radius 1 is 1.40 bits per heavy atom. The second-order valence-electron chi connectivity index (χ2n) is 3.33. The fourth-order valence-corrected chi connectivity index (χ4v) is 3.47. The van der Waals surface area contributed by atoms with E-state index in [1.54, 1.807) is 6.07 Å². The molecule has 0 N–H and O–H groups in total. The Morgan fingerprint density at radius 3 is 2.80 bits per heavy atom. The van der Waals surface area contributed by atoms with E-state index in [0.29, 0.717) is 11.8 Å². The standard InChI is InChI=1S/C11H11NO2Se/c1-2-5-10(13)12-11(14)8-6-3-4-7-9(8)15-12/h3-4,6-7H,2,5H2,1H3. The van der Waals surface area contributed by atoms with Gasteiger partial charge in [0, 0.05) is 0 Å². The second kappa shape index (κ2) is 4.17. The molecule has 0 saturated carbocycles. The third-order valence-corrected chi connectivity index (χ3v) is 4.50. The van der Waals surface area contributed by atoms with Crippen LogP contribution in [0.5, 0.6) is 0 Å². The van der Waals surface area contributed by atoms with E-state index in [-0.39, 0.29) is 26.2 Å². The molecule has 0 amide bonds. The van der Waals surface area contributed by atoms with Crippen molar-refractivity contribution in [2.45, 2.75) is 19.8 Å². The Bertz CT molecular complexity index is 553. The summed E-state index contributed by atoms with van der Waals surface area (Å²) in [5.74, 6) is -0.0429. The Morgan fingerprint density at radius 2 is 2.13 bits per heavy atom. The van der Waals surface area contributed by atoms with Gasteiger partial charge in [0.2, 0.25) is 0 Å². The minimum atomic E-state index is -0.153. The molecule has 0 spiro atoms. The number of hydrogen-bond donors (Lipinski definition) is 0. The molecule has 0 fully saturated rings. The monoisotopic (exact) mass is 269 g/mol. The van der Waals surface area contributed by atoms with Crippen LogP contribution < -0.4 is 5.56 Å². The molecular weight excluding hydrogens is 257 g/mol. The molecule has 0 aliphatic rings. The minimum absolute atomic E-state index is 0.0429. The molecule has 15 heavy (non-hydrogen) atoms. The summed E-state index contributed by atoms with van der Waals surface area (Å²) >= 11 is -0.153. The van der Waals surface area contributed by atoms with Crippen LogP contribution in [0.4, 0.5) is 0 Å². The van der Waals surface area contributed by atoms with Crippen LogP contribution in [0.1, 0.15) is 24.6 Å². The van der Waals surface area contributed by atoms with Crippen molar-refractivity contribution in [2.75, 3.05) is 0 Å². The average molecular weight is 268 g/mol. The predicted octanol–water partition coefficient (Wildman–Crippen LogP) is 1.50. The summed E-state index contributed by atoms with van der Waals surface area (Å²) in [7, 11) is 0. The van der Waals surface area contributed by atoms with E-state index in [9.17, 15) is 9.59 Å². The van der Waals surface area contributed by atoms with E-state index in [0.717, 1.165) is 10.7 Å². The second-order valence-corrected chi connectivity index (χ2v) is 5.40. The summed E-state index contributed by atoms with van der Waals surface area (Å²) in [4.78, 5) is 23.5. The van der Waals surface area contributed by atoms with Gasteiger partial charge in [0.25, 0.3) is 0 Å². The van der Waals surface area contributed by atoms with Crippen LogP contribution in [0.3, 0.4) is 0 Å². The molecule has 0 bridgehead atoms. The molecule has 0 atom stereocenters. The van der Waals surface area contributed by atoms with Crippen molar-refractivity contribution in [3.63, 3.8) is 0 Å². The van der Waals surface area contributed by atoms with Crippen molar-refractivity contribution in [3.05, 3.63) is 34.6 Å². The maximum atomic E-state index is 11.8. The molecule has 3 nitrogen and oxygen atoms in total. The molecule has 0 radical (unpaired) electrons. The number of fused-ring (bicyclic) bond motifs is 1. The van der Waals surface area contributed by atoms with Crippen LogP contribution in [0.2, 0.25) is 0 Å². The van der Waals surface area contributed by atoms with Gasteiger partial charge in [0.05, 0.1) is 0 Å². The molecule has 2 rings (SSSR count). The number of benzene rings is 1. The van der Waals surface area contributed by atoms with Crippen molar-refractivity contribution in [3.8, 4) is 0 Å². The van der Waals surface area contributed by atoms with E-state index in [2.05, 4.69) is 0 Å². The van der Waals surface area contributed by atoms with Gasteiger partial charge in [0.15, 0.2) is 0 Å². The third kappa shape index (κ3) is 1.83. The van der Waals surface area contributed by atoms with Crippen molar-refractivity contribution in [2.24, 2.45) is 0 Å². The van der Waals surface area contributed by atoms with Gasteiger partial charge in [-0.1, -0.05) is 0 Å². The van der Waals surface area contributed by atoms with Crippen LogP contribution in [0, 0.1) is 0 Å². The van der Waals surface area contributed by atoms with E-state index in [1.165, 1.54) is 3.56 Å². The van der Waals surface area contributed by atoms with Gasteiger partial charge in [-0.15, -0.1) is 0 Å². The van der Waals surface area contributed by atoms with Gasteiger partial charge in [0.1, 0.15) is 0 Å². The van der Waals surface area contributed by atoms with E-state index >= 15 is 0 Å². The van der Waals surface area contributed by atoms with Gasteiger partial charge < -0.3 is 0 Å². The average Bonchev–Trinajstić information content (AvgIpc) is 2.57. The zero-order valence-electron chi connectivity index (χ0n) is 8.40. The van der Waals surface area contributed by atoms with Gasteiger partial charge in [-0.05, 0) is 0 Å². The molecule has 0 aliphatic carbocycles. The SMILES string of the molecule is CCCC(=O)n1[se]c2ccccc2c1=O. The first kappa shape index (κ1) is 10.4. The summed E-state index contributed by atoms with van der Waals surface area (Å²) in [6.45, 7) is 1.94. The fourth-order valence-electron chi connectivity index (χ4n) is 1.45. The van der Waals surface area contributed by atoms with Gasteiger partial charge in [-0.2, -0.15) is 0 Å². The summed E-state index contributed by atoms with van der Waals surface area (Å²) in [5.41, 5.74) is -0.121. The van der Waals surface area contributed by atoms with Crippen molar-refractivity contribution in [1.29, 1.82) is 0 Å². The molecule has 0 aliphatic heterocycles.